The largest absolute Gasteiger partial charge is 0.481 e. The summed E-state index contributed by atoms with van der Waals surface area (Å²) in [5.74, 6) is -1.57. The molecule has 0 unspecified atom stereocenters. The topological polar surface area (TPSA) is 83.5 Å². The summed E-state index contributed by atoms with van der Waals surface area (Å²) >= 11 is 0. The highest BCUT2D eigenvalue weighted by Gasteiger charge is 2.27. The van der Waals surface area contributed by atoms with Gasteiger partial charge in [0, 0.05) is 17.2 Å². The Balaban J connectivity index is 1.73. The first kappa shape index (κ1) is 18.8. The first-order valence-corrected chi connectivity index (χ1v) is 9.20. The Morgan fingerprint density at radius 3 is 2.07 bits per heavy atom. The summed E-state index contributed by atoms with van der Waals surface area (Å²) in [6, 6.07) is 14.0. The fourth-order valence-corrected chi connectivity index (χ4v) is 3.49. The van der Waals surface area contributed by atoms with Crippen molar-refractivity contribution in [2.24, 2.45) is 5.92 Å². The third-order valence-electron chi connectivity index (χ3n) is 5.14. The van der Waals surface area contributed by atoms with E-state index in [0.717, 1.165) is 5.56 Å². The van der Waals surface area contributed by atoms with Crippen molar-refractivity contribution in [3.05, 3.63) is 70.8 Å². The quantitative estimate of drug-likeness (QED) is 0.793. The summed E-state index contributed by atoms with van der Waals surface area (Å²) in [7, 11) is 0. The molecule has 2 N–H and O–H groups in total. The van der Waals surface area contributed by atoms with Crippen LogP contribution in [0.3, 0.4) is 0 Å². The maximum Gasteiger partial charge on any atom is 0.306 e. The van der Waals surface area contributed by atoms with Gasteiger partial charge in [0.2, 0.25) is 0 Å². The van der Waals surface area contributed by atoms with Crippen LogP contribution in [-0.4, -0.2) is 28.8 Å². The molecule has 0 saturated heterocycles. The lowest BCUT2D eigenvalue weighted by Gasteiger charge is -2.27. The van der Waals surface area contributed by atoms with Gasteiger partial charge in [-0.1, -0.05) is 48.0 Å². The molecule has 0 radical (unpaired) electrons. The van der Waals surface area contributed by atoms with Crippen molar-refractivity contribution in [3.8, 4) is 0 Å². The number of hydrogen-bond acceptors (Lipinski definition) is 3. The van der Waals surface area contributed by atoms with Gasteiger partial charge in [-0.05, 0) is 38.7 Å². The van der Waals surface area contributed by atoms with Gasteiger partial charge in [0.1, 0.15) is 0 Å². The highest BCUT2D eigenvalue weighted by atomic mass is 16.4. The van der Waals surface area contributed by atoms with E-state index in [9.17, 15) is 14.4 Å². The van der Waals surface area contributed by atoms with E-state index in [1.807, 2.05) is 19.1 Å². The third kappa shape index (κ3) is 4.42. The Kier molecular flexibility index (Phi) is 5.69. The maximum absolute atomic E-state index is 12.8. The van der Waals surface area contributed by atoms with Gasteiger partial charge in [0.25, 0.3) is 5.91 Å². The Morgan fingerprint density at radius 2 is 1.48 bits per heavy atom. The minimum atomic E-state index is -0.770. The van der Waals surface area contributed by atoms with Gasteiger partial charge >= 0.3 is 5.97 Å². The van der Waals surface area contributed by atoms with E-state index in [1.54, 1.807) is 36.4 Å². The summed E-state index contributed by atoms with van der Waals surface area (Å²) in [5.41, 5.74) is 2.33. The molecular formula is C22H23NO4. The molecule has 140 valence electrons. The van der Waals surface area contributed by atoms with Crippen molar-refractivity contribution in [3.63, 3.8) is 0 Å². The Morgan fingerprint density at radius 1 is 0.889 bits per heavy atom. The summed E-state index contributed by atoms with van der Waals surface area (Å²) < 4.78 is 0. The van der Waals surface area contributed by atoms with E-state index in [1.165, 1.54) is 0 Å². The first-order valence-electron chi connectivity index (χ1n) is 9.20. The summed E-state index contributed by atoms with van der Waals surface area (Å²) in [4.78, 5) is 36.7. The van der Waals surface area contributed by atoms with E-state index in [4.69, 9.17) is 5.11 Å². The normalized spacial score (nSPS) is 19.3. The number of amides is 1. The van der Waals surface area contributed by atoms with Crippen molar-refractivity contribution >= 4 is 17.7 Å². The lowest BCUT2D eigenvalue weighted by atomic mass is 9.86. The number of hydrogen-bond donors (Lipinski definition) is 2. The SMILES string of the molecule is Cc1ccc(C(=O)c2ccccc2C(=O)NC2CCC(C(=O)O)CC2)cc1. The van der Waals surface area contributed by atoms with Gasteiger partial charge < -0.3 is 10.4 Å². The first-order chi connectivity index (χ1) is 13.0. The summed E-state index contributed by atoms with van der Waals surface area (Å²) in [6.45, 7) is 1.95. The van der Waals surface area contributed by atoms with Crippen molar-refractivity contribution in [1.29, 1.82) is 0 Å². The molecule has 1 amide bonds. The molecule has 0 bridgehead atoms. The molecule has 2 aromatic carbocycles. The lowest BCUT2D eigenvalue weighted by Crippen LogP contribution is -2.39. The zero-order valence-electron chi connectivity index (χ0n) is 15.3. The van der Waals surface area contributed by atoms with Crippen LogP contribution in [0.25, 0.3) is 0 Å². The molecule has 1 fully saturated rings. The van der Waals surface area contributed by atoms with Crippen LogP contribution in [0.15, 0.2) is 48.5 Å². The molecule has 3 rings (SSSR count). The van der Waals surface area contributed by atoms with E-state index in [2.05, 4.69) is 5.32 Å². The second-order valence-corrected chi connectivity index (χ2v) is 7.10. The molecule has 1 aliphatic rings. The Hall–Kier alpha value is -2.95. The van der Waals surface area contributed by atoms with Gasteiger partial charge in [-0.3, -0.25) is 14.4 Å². The molecule has 0 spiro atoms. The molecule has 0 aliphatic heterocycles. The molecule has 2 aromatic rings. The van der Waals surface area contributed by atoms with Crippen molar-refractivity contribution in [1.82, 2.24) is 5.32 Å². The van der Waals surface area contributed by atoms with Crippen LogP contribution in [0, 0.1) is 12.8 Å². The standard InChI is InChI=1S/C22H23NO4/c1-14-6-8-15(9-7-14)20(24)18-4-2-3-5-19(18)21(25)23-17-12-10-16(11-13-17)22(26)27/h2-9,16-17H,10-13H2,1H3,(H,23,25)(H,26,27). The number of ketones is 1. The molecular weight excluding hydrogens is 342 g/mol. The highest BCUT2D eigenvalue weighted by Crippen LogP contribution is 2.25. The number of carbonyl (C=O) groups is 3. The second-order valence-electron chi connectivity index (χ2n) is 7.10. The lowest BCUT2D eigenvalue weighted by molar-refractivity contribution is -0.142. The molecule has 1 saturated carbocycles. The van der Waals surface area contributed by atoms with Crippen molar-refractivity contribution in [2.45, 2.75) is 38.6 Å². The smallest absolute Gasteiger partial charge is 0.306 e. The van der Waals surface area contributed by atoms with Gasteiger partial charge in [0.15, 0.2) is 5.78 Å². The molecule has 27 heavy (non-hydrogen) atoms. The summed E-state index contributed by atoms with van der Waals surface area (Å²) in [5, 5.41) is 12.0. The van der Waals surface area contributed by atoms with Crippen LogP contribution in [-0.2, 0) is 4.79 Å². The van der Waals surface area contributed by atoms with Crippen molar-refractivity contribution in [2.75, 3.05) is 0 Å². The van der Waals surface area contributed by atoms with Gasteiger partial charge in [-0.15, -0.1) is 0 Å². The minimum Gasteiger partial charge on any atom is -0.481 e. The average molecular weight is 365 g/mol. The highest BCUT2D eigenvalue weighted by molar-refractivity contribution is 6.15. The average Bonchev–Trinajstić information content (AvgIpc) is 2.68. The van der Waals surface area contributed by atoms with Crippen LogP contribution in [0.5, 0.6) is 0 Å². The Labute approximate surface area is 158 Å². The number of carbonyl (C=O) groups excluding carboxylic acids is 2. The summed E-state index contributed by atoms with van der Waals surface area (Å²) in [6.07, 6.45) is 2.39. The second kappa shape index (κ2) is 8.16. The number of benzene rings is 2. The van der Waals surface area contributed by atoms with Crippen LogP contribution in [0.1, 0.15) is 57.5 Å². The van der Waals surface area contributed by atoms with E-state index < -0.39 is 5.97 Å². The zero-order chi connectivity index (χ0) is 19.4. The van der Waals surface area contributed by atoms with Gasteiger partial charge in [-0.2, -0.15) is 0 Å². The Bertz CT molecular complexity index is 849. The monoisotopic (exact) mass is 365 g/mol. The number of carboxylic acid groups (broad SMARTS) is 1. The number of aryl methyl sites for hydroxylation is 1. The van der Waals surface area contributed by atoms with Crippen LogP contribution in [0.2, 0.25) is 0 Å². The van der Waals surface area contributed by atoms with E-state index in [-0.39, 0.29) is 23.7 Å². The zero-order valence-corrected chi connectivity index (χ0v) is 15.3. The van der Waals surface area contributed by atoms with Crippen molar-refractivity contribution < 1.29 is 19.5 Å². The van der Waals surface area contributed by atoms with Gasteiger partial charge in [0.05, 0.1) is 11.5 Å². The van der Waals surface area contributed by atoms with Crippen LogP contribution in [0.4, 0.5) is 0 Å². The predicted octanol–water partition coefficient (Wildman–Crippen LogP) is 3.60. The predicted molar refractivity (Wildman–Crippen MR) is 102 cm³/mol. The molecule has 0 atom stereocenters. The number of aliphatic carboxylic acids is 1. The molecule has 1 aliphatic carbocycles. The maximum atomic E-state index is 12.8. The molecule has 5 nitrogen and oxygen atoms in total. The van der Waals surface area contributed by atoms with Crippen LogP contribution < -0.4 is 5.32 Å². The number of rotatable bonds is 5. The van der Waals surface area contributed by atoms with Gasteiger partial charge in [-0.25, -0.2) is 0 Å². The molecule has 0 aromatic heterocycles. The fourth-order valence-electron chi connectivity index (χ4n) is 3.49. The van der Waals surface area contributed by atoms with Crippen LogP contribution >= 0.6 is 0 Å². The molecule has 5 heteroatoms. The van der Waals surface area contributed by atoms with E-state index >= 15 is 0 Å². The minimum absolute atomic E-state index is 0.0596. The van der Waals surface area contributed by atoms with E-state index in [0.29, 0.717) is 42.4 Å². The fraction of sp³-hybridized carbons (Fsp3) is 0.318. The number of carboxylic acids is 1. The molecule has 0 heterocycles. The third-order valence-corrected chi connectivity index (χ3v) is 5.14. The number of nitrogens with one attached hydrogen (secondary N) is 1.